The van der Waals surface area contributed by atoms with Crippen molar-refractivity contribution in [3.8, 4) is 28.6 Å². The fourth-order valence-electron chi connectivity index (χ4n) is 4.34. The molecule has 1 aromatic heterocycles. The third kappa shape index (κ3) is 7.32. The van der Waals surface area contributed by atoms with Gasteiger partial charge >= 0.3 is 0 Å². The van der Waals surface area contributed by atoms with Crippen molar-refractivity contribution in [2.75, 3.05) is 33.4 Å². The smallest absolute Gasteiger partial charge is 0.222 e. The quantitative estimate of drug-likeness (QED) is 0.291. The van der Waals surface area contributed by atoms with Gasteiger partial charge in [-0.3, -0.25) is 4.90 Å². The Kier molecular flexibility index (Phi) is 9.39. The maximum absolute atomic E-state index is 10.8. The second kappa shape index (κ2) is 12.9. The fraction of sp³-hybridized carbons (Fsp3) is 0.483. The van der Waals surface area contributed by atoms with E-state index >= 15 is 0 Å². The number of benzene rings is 2. The summed E-state index contributed by atoms with van der Waals surface area (Å²) in [5, 5.41) is 15.6. The first-order chi connectivity index (χ1) is 17.6. The van der Waals surface area contributed by atoms with Crippen LogP contribution in [0.3, 0.4) is 0 Å². The number of aryl methyl sites for hydroxylation is 1. The van der Waals surface area contributed by atoms with Crippen molar-refractivity contribution in [2.45, 2.75) is 45.3 Å². The normalized spacial score (nSPS) is 14.2. The molecule has 0 bridgehead atoms. The van der Waals surface area contributed by atoms with E-state index in [0.717, 1.165) is 42.0 Å². The molecule has 0 unspecified atom stereocenters. The highest BCUT2D eigenvalue weighted by Crippen LogP contribution is 2.36. The third-order valence-electron chi connectivity index (χ3n) is 6.41. The van der Waals surface area contributed by atoms with Crippen LogP contribution in [0.15, 0.2) is 54.6 Å². The van der Waals surface area contributed by atoms with Crippen LogP contribution < -0.4 is 9.47 Å². The van der Waals surface area contributed by atoms with Gasteiger partial charge in [0.15, 0.2) is 0 Å². The van der Waals surface area contributed by atoms with Crippen LogP contribution in [0.25, 0.3) is 11.3 Å². The molecule has 36 heavy (non-hydrogen) atoms. The molecule has 1 fully saturated rings. The topological polar surface area (TPSA) is 69.0 Å². The Morgan fingerprint density at radius 3 is 2.61 bits per heavy atom. The first-order valence-corrected chi connectivity index (χ1v) is 13.0. The lowest BCUT2D eigenvalue weighted by Gasteiger charge is -2.25. The standard InChI is InChI=1S/C29H39N3O4/c1-4-5-16-35-21-24(33)19-32(18-22-14-15-22)20-27-28(23-10-7-6-8-11-23)30-31(2)29(27)36-26-13-9-12-25(17-26)34-3/h6-13,17,22,24,33H,4-5,14-16,18-21H2,1-3H3/t24-/m1/s1. The molecule has 0 saturated heterocycles. The molecule has 4 rings (SSSR count). The van der Waals surface area contributed by atoms with Crippen LogP contribution in [0, 0.1) is 5.92 Å². The van der Waals surface area contributed by atoms with Crippen LogP contribution >= 0.6 is 0 Å². The SMILES string of the molecule is CCCCOC[C@H](O)CN(Cc1c(-c2ccccc2)nn(C)c1Oc1cccc(OC)c1)CC1CC1. The van der Waals surface area contributed by atoms with Crippen LogP contribution in [0.4, 0.5) is 0 Å². The second-order valence-corrected chi connectivity index (χ2v) is 9.62. The van der Waals surface area contributed by atoms with Crippen LogP contribution in [0.2, 0.25) is 0 Å². The molecule has 0 radical (unpaired) electrons. The summed E-state index contributed by atoms with van der Waals surface area (Å²) >= 11 is 0. The molecule has 7 nitrogen and oxygen atoms in total. The van der Waals surface area contributed by atoms with E-state index in [0.29, 0.717) is 43.9 Å². The number of unbranched alkanes of at least 4 members (excludes halogenated alkanes) is 1. The van der Waals surface area contributed by atoms with Gasteiger partial charge in [0.1, 0.15) is 17.2 Å². The van der Waals surface area contributed by atoms with Gasteiger partial charge in [-0.05, 0) is 37.3 Å². The first kappa shape index (κ1) is 26.2. The van der Waals surface area contributed by atoms with Crippen LogP contribution in [0.1, 0.15) is 38.2 Å². The number of methoxy groups -OCH3 is 1. The number of hydrogen-bond donors (Lipinski definition) is 1. The Bertz CT molecular complexity index is 1080. The molecule has 194 valence electrons. The van der Waals surface area contributed by atoms with Crippen molar-refractivity contribution in [1.29, 1.82) is 0 Å². The molecular weight excluding hydrogens is 454 g/mol. The molecule has 1 atom stereocenters. The Morgan fingerprint density at radius 2 is 1.89 bits per heavy atom. The van der Waals surface area contributed by atoms with Gasteiger partial charge in [0, 0.05) is 44.9 Å². The summed E-state index contributed by atoms with van der Waals surface area (Å²) in [6.45, 7) is 5.29. The van der Waals surface area contributed by atoms with Gasteiger partial charge in [-0.2, -0.15) is 5.10 Å². The molecular formula is C29H39N3O4. The summed E-state index contributed by atoms with van der Waals surface area (Å²) in [5.74, 6) is 2.80. The summed E-state index contributed by atoms with van der Waals surface area (Å²) in [5.41, 5.74) is 2.94. The van der Waals surface area contributed by atoms with E-state index < -0.39 is 6.10 Å². The lowest BCUT2D eigenvalue weighted by Crippen LogP contribution is -2.36. The number of hydrogen-bond acceptors (Lipinski definition) is 6. The predicted molar refractivity (Wildman–Crippen MR) is 141 cm³/mol. The van der Waals surface area contributed by atoms with E-state index in [1.165, 1.54) is 12.8 Å². The zero-order chi connectivity index (χ0) is 25.3. The molecule has 1 heterocycles. The highest BCUT2D eigenvalue weighted by atomic mass is 16.5. The number of rotatable bonds is 15. The molecule has 3 aromatic rings. The summed E-state index contributed by atoms with van der Waals surface area (Å²) in [6.07, 6.45) is 4.04. The summed E-state index contributed by atoms with van der Waals surface area (Å²) in [4.78, 5) is 2.33. The lowest BCUT2D eigenvalue weighted by atomic mass is 10.1. The minimum Gasteiger partial charge on any atom is -0.497 e. The van der Waals surface area contributed by atoms with Gasteiger partial charge in [0.25, 0.3) is 0 Å². The average Bonchev–Trinajstić information content (AvgIpc) is 3.66. The van der Waals surface area contributed by atoms with Crippen molar-refractivity contribution in [2.24, 2.45) is 13.0 Å². The van der Waals surface area contributed by atoms with Crippen molar-refractivity contribution >= 4 is 0 Å². The van der Waals surface area contributed by atoms with Gasteiger partial charge < -0.3 is 19.3 Å². The molecule has 0 spiro atoms. The number of ether oxygens (including phenoxy) is 3. The highest BCUT2D eigenvalue weighted by molar-refractivity contribution is 5.65. The van der Waals surface area contributed by atoms with E-state index in [2.05, 4.69) is 24.0 Å². The van der Waals surface area contributed by atoms with Crippen molar-refractivity contribution in [1.82, 2.24) is 14.7 Å². The van der Waals surface area contributed by atoms with Crippen LogP contribution in [-0.4, -0.2) is 59.3 Å². The number of aromatic nitrogens is 2. The molecule has 2 aromatic carbocycles. The maximum Gasteiger partial charge on any atom is 0.222 e. The maximum atomic E-state index is 10.8. The highest BCUT2D eigenvalue weighted by Gasteiger charge is 2.28. The van der Waals surface area contributed by atoms with E-state index in [9.17, 15) is 5.11 Å². The van der Waals surface area contributed by atoms with Gasteiger partial charge in [-0.25, -0.2) is 4.68 Å². The largest absolute Gasteiger partial charge is 0.497 e. The third-order valence-corrected chi connectivity index (χ3v) is 6.41. The Balaban J connectivity index is 1.60. The Morgan fingerprint density at radius 1 is 1.11 bits per heavy atom. The number of aliphatic hydroxyl groups excluding tert-OH is 1. The minimum absolute atomic E-state index is 0.354. The van der Waals surface area contributed by atoms with Crippen LogP contribution in [-0.2, 0) is 18.3 Å². The van der Waals surface area contributed by atoms with Gasteiger partial charge in [-0.15, -0.1) is 0 Å². The number of aliphatic hydroxyl groups is 1. The molecule has 0 amide bonds. The lowest BCUT2D eigenvalue weighted by molar-refractivity contribution is 0.0135. The van der Waals surface area contributed by atoms with Gasteiger partial charge in [-0.1, -0.05) is 49.7 Å². The van der Waals surface area contributed by atoms with Gasteiger partial charge in [0.2, 0.25) is 5.88 Å². The Labute approximate surface area is 214 Å². The minimum atomic E-state index is -0.541. The van der Waals surface area contributed by atoms with Crippen molar-refractivity contribution in [3.05, 3.63) is 60.2 Å². The van der Waals surface area contributed by atoms with Crippen molar-refractivity contribution in [3.63, 3.8) is 0 Å². The van der Waals surface area contributed by atoms with E-state index in [-0.39, 0.29) is 0 Å². The van der Waals surface area contributed by atoms with E-state index in [1.54, 1.807) is 11.8 Å². The average molecular weight is 494 g/mol. The second-order valence-electron chi connectivity index (χ2n) is 9.62. The molecule has 0 aliphatic heterocycles. The molecule has 1 N–H and O–H groups in total. The van der Waals surface area contributed by atoms with Crippen LogP contribution in [0.5, 0.6) is 17.4 Å². The van der Waals surface area contributed by atoms with E-state index in [1.807, 2.05) is 49.5 Å². The van der Waals surface area contributed by atoms with Gasteiger partial charge in [0.05, 0.1) is 25.4 Å². The Hall–Kier alpha value is -2.87. The predicted octanol–water partition coefficient (Wildman–Crippen LogP) is 5.28. The molecule has 1 aliphatic rings. The molecule has 1 aliphatic carbocycles. The zero-order valence-electron chi connectivity index (χ0n) is 21.7. The van der Waals surface area contributed by atoms with Crippen molar-refractivity contribution < 1.29 is 19.3 Å². The first-order valence-electron chi connectivity index (χ1n) is 13.0. The monoisotopic (exact) mass is 493 g/mol. The number of nitrogens with zero attached hydrogens (tertiary/aromatic N) is 3. The fourth-order valence-corrected chi connectivity index (χ4v) is 4.34. The summed E-state index contributed by atoms with van der Waals surface area (Å²) in [6, 6.07) is 17.8. The summed E-state index contributed by atoms with van der Waals surface area (Å²) < 4.78 is 19.3. The zero-order valence-corrected chi connectivity index (χ0v) is 21.7. The van der Waals surface area contributed by atoms with E-state index in [4.69, 9.17) is 19.3 Å². The summed E-state index contributed by atoms with van der Waals surface area (Å²) in [7, 11) is 3.56. The molecule has 1 saturated carbocycles. The molecule has 7 heteroatoms.